The first-order chi connectivity index (χ1) is 6.16. The van der Waals surface area contributed by atoms with Crippen LogP contribution in [0.5, 0.6) is 0 Å². The molecule has 2 aliphatic rings. The van der Waals surface area contributed by atoms with Crippen LogP contribution in [0.2, 0.25) is 0 Å². The van der Waals surface area contributed by atoms with Gasteiger partial charge in [0.05, 0.1) is 0 Å². The Labute approximate surface area is 93.6 Å². The van der Waals surface area contributed by atoms with Crippen molar-refractivity contribution in [3.8, 4) is 0 Å². The summed E-state index contributed by atoms with van der Waals surface area (Å²) in [5.74, 6) is 2.76. The predicted octanol–water partition coefficient (Wildman–Crippen LogP) is 1.73. The van der Waals surface area contributed by atoms with E-state index in [1.165, 1.54) is 32.5 Å². The monoisotopic (exact) mass is 218 g/mol. The van der Waals surface area contributed by atoms with Crippen LogP contribution in [0.1, 0.15) is 26.7 Å². The van der Waals surface area contributed by atoms with E-state index in [1.54, 1.807) is 0 Å². The van der Waals surface area contributed by atoms with Crippen molar-refractivity contribution in [2.24, 2.45) is 23.5 Å². The maximum Gasteiger partial charge on any atom is 0.00514 e. The highest BCUT2D eigenvalue weighted by Gasteiger charge is 2.36. The molecule has 1 saturated heterocycles. The van der Waals surface area contributed by atoms with Crippen molar-refractivity contribution in [2.45, 2.75) is 32.7 Å². The van der Waals surface area contributed by atoms with Gasteiger partial charge in [-0.25, -0.2) is 0 Å². The molecule has 0 radical (unpaired) electrons. The Kier molecular flexibility index (Phi) is 4.23. The molecule has 1 heterocycles. The Morgan fingerprint density at radius 3 is 2.57 bits per heavy atom. The minimum absolute atomic E-state index is 0. The lowest BCUT2D eigenvalue weighted by molar-refractivity contribution is 0.299. The second-order valence-electron chi connectivity index (χ2n) is 5.14. The van der Waals surface area contributed by atoms with E-state index < -0.39 is 0 Å². The lowest BCUT2D eigenvalue weighted by Gasteiger charge is -2.17. The highest BCUT2D eigenvalue weighted by molar-refractivity contribution is 5.85. The zero-order valence-electron chi connectivity index (χ0n) is 9.28. The quantitative estimate of drug-likeness (QED) is 0.782. The fourth-order valence-corrected chi connectivity index (χ4v) is 2.44. The summed E-state index contributed by atoms with van der Waals surface area (Å²) in [4.78, 5) is 2.61. The molecule has 0 bridgehead atoms. The fraction of sp³-hybridized carbons (Fsp3) is 1.00. The molecule has 1 aliphatic carbocycles. The van der Waals surface area contributed by atoms with Crippen LogP contribution in [-0.2, 0) is 0 Å². The summed E-state index contributed by atoms with van der Waals surface area (Å²) < 4.78 is 0. The molecule has 0 amide bonds. The number of rotatable bonds is 3. The van der Waals surface area contributed by atoms with E-state index in [4.69, 9.17) is 5.73 Å². The zero-order chi connectivity index (χ0) is 9.42. The van der Waals surface area contributed by atoms with Gasteiger partial charge in [0.2, 0.25) is 0 Å². The number of nitrogens with zero attached hydrogens (tertiary/aromatic N) is 1. The summed E-state index contributed by atoms with van der Waals surface area (Å²) in [7, 11) is 0. The van der Waals surface area contributed by atoms with Gasteiger partial charge in [0.25, 0.3) is 0 Å². The van der Waals surface area contributed by atoms with Crippen molar-refractivity contribution in [2.75, 3.05) is 19.6 Å². The molecule has 4 atom stereocenters. The van der Waals surface area contributed by atoms with E-state index in [9.17, 15) is 0 Å². The highest BCUT2D eigenvalue weighted by atomic mass is 35.5. The molecule has 0 aromatic heterocycles. The molecule has 1 saturated carbocycles. The number of nitrogens with two attached hydrogens (primary N) is 1. The number of hydrogen-bond acceptors (Lipinski definition) is 2. The second kappa shape index (κ2) is 4.82. The van der Waals surface area contributed by atoms with Crippen LogP contribution in [-0.4, -0.2) is 30.6 Å². The summed E-state index contributed by atoms with van der Waals surface area (Å²) in [6.45, 7) is 8.39. The van der Waals surface area contributed by atoms with Gasteiger partial charge >= 0.3 is 0 Å². The Morgan fingerprint density at radius 1 is 1.50 bits per heavy atom. The standard InChI is InChI=1S/C11H22N2.ClH/c1-8-5-11(8)7-13-4-3-10(6-13)9(2)12;/h8-11H,3-7,12H2,1-2H3;1H. The van der Waals surface area contributed by atoms with Crippen molar-refractivity contribution >= 4 is 12.4 Å². The summed E-state index contributed by atoms with van der Waals surface area (Å²) in [6.07, 6.45) is 2.78. The van der Waals surface area contributed by atoms with Crippen LogP contribution in [0.4, 0.5) is 0 Å². The van der Waals surface area contributed by atoms with Gasteiger partial charge in [-0.3, -0.25) is 0 Å². The fourth-order valence-electron chi connectivity index (χ4n) is 2.44. The lowest BCUT2D eigenvalue weighted by Crippen LogP contribution is -2.30. The highest BCUT2D eigenvalue weighted by Crippen LogP contribution is 2.39. The van der Waals surface area contributed by atoms with Crippen LogP contribution in [0.15, 0.2) is 0 Å². The Morgan fingerprint density at radius 2 is 2.14 bits per heavy atom. The Hall–Kier alpha value is 0.210. The first kappa shape index (κ1) is 12.3. The van der Waals surface area contributed by atoms with Crippen LogP contribution in [0.3, 0.4) is 0 Å². The van der Waals surface area contributed by atoms with Crippen LogP contribution < -0.4 is 5.73 Å². The molecule has 2 N–H and O–H groups in total. The van der Waals surface area contributed by atoms with Crippen LogP contribution in [0.25, 0.3) is 0 Å². The first-order valence-corrected chi connectivity index (χ1v) is 5.64. The molecular formula is C11H23ClN2. The molecule has 14 heavy (non-hydrogen) atoms. The van der Waals surface area contributed by atoms with Crippen molar-refractivity contribution in [1.82, 2.24) is 4.90 Å². The average molecular weight is 219 g/mol. The molecule has 2 fully saturated rings. The molecule has 0 aromatic rings. The second-order valence-corrected chi connectivity index (χ2v) is 5.14. The van der Waals surface area contributed by atoms with E-state index >= 15 is 0 Å². The third-order valence-corrected chi connectivity index (χ3v) is 3.82. The molecule has 1 aliphatic heterocycles. The molecule has 0 aromatic carbocycles. The SMILES string of the molecule is CC(N)C1CCN(CC2CC2C)C1.Cl. The van der Waals surface area contributed by atoms with Gasteiger partial charge in [-0.05, 0) is 44.1 Å². The molecule has 2 rings (SSSR count). The van der Waals surface area contributed by atoms with E-state index in [0.717, 1.165) is 17.8 Å². The first-order valence-electron chi connectivity index (χ1n) is 5.64. The zero-order valence-corrected chi connectivity index (χ0v) is 10.1. The number of halogens is 1. The Balaban J connectivity index is 0.000000980. The maximum absolute atomic E-state index is 5.91. The topological polar surface area (TPSA) is 29.3 Å². The minimum atomic E-state index is 0. The van der Waals surface area contributed by atoms with Gasteiger partial charge < -0.3 is 10.6 Å². The number of hydrogen-bond donors (Lipinski definition) is 1. The molecule has 2 nitrogen and oxygen atoms in total. The van der Waals surface area contributed by atoms with Gasteiger partial charge in [0.15, 0.2) is 0 Å². The predicted molar refractivity (Wildman–Crippen MR) is 62.7 cm³/mol. The van der Waals surface area contributed by atoms with E-state index in [1.807, 2.05) is 0 Å². The van der Waals surface area contributed by atoms with Gasteiger partial charge in [-0.1, -0.05) is 6.92 Å². The van der Waals surface area contributed by atoms with Crippen molar-refractivity contribution in [3.63, 3.8) is 0 Å². The molecule has 4 unspecified atom stereocenters. The average Bonchev–Trinajstić information content (AvgIpc) is 2.61. The normalized spacial score (nSPS) is 39.2. The third kappa shape index (κ3) is 2.85. The summed E-state index contributed by atoms with van der Waals surface area (Å²) in [5, 5.41) is 0. The van der Waals surface area contributed by atoms with E-state index in [0.29, 0.717) is 6.04 Å². The van der Waals surface area contributed by atoms with Crippen molar-refractivity contribution in [1.29, 1.82) is 0 Å². The van der Waals surface area contributed by atoms with Gasteiger partial charge in [-0.2, -0.15) is 0 Å². The van der Waals surface area contributed by atoms with Gasteiger partial charge in [-0.15, -0.1) is 12.4 Å². The van der Waals surface area contributed by atoms with Crippen molar-refractivity contribution in [3.05, 3.63) is 0 Å². The van der Waals surface area contributed by atoms with Gasteiger partial charge in [0.1, 0.15) is 0 Å². The summed E-state index contributed by atoms with van der Waals surface area (Å²) in [6, 6.07) is 0.390. The number of likely N-dealkylation sites (tertiary alicyclic amines) is 1. The van der Waals surface area contributed by atoms with Crippen LogP contribution >= 0.6 is 12.4 Å². The van der Waals surface area contributed by atoms with Crippen LogP contribution in [0, 0.1) is 17.8 Å². The molecular weight excluding hydrogens is 196 g/mol. The van der Waals surface area contributed by atoms with Crippen molar-refractivity contribution < 1.29 is 0 Å². The summed E-state index contributed by atoms with van der Waals surface area (Å²) in [5.41, 5.74) is 5.91. The maximum atomic E-state index is 5.91. The summed E-state index contributed by atoms with van der Waals surface area (Å²) >= 11 is 0. The Bertz CT molecular complexity index is 184. The van der Waals surface area contributed by atoms with Gasteiger partial charge in [0, 0.05) is 19.1 Å². The smallest absolute Gasteiger partial charge is 0.00514 e. The molecule has 3 heteroatoms. The van der Waals surface area contributed by atoms with E-state index in [2.05, 4.69) is 18.7 Å². The third-order valence-electron chi connectivity index (χ3n) is 3.82. The largest absolute Gasteiger partial charge is 0.328 e. The van der Waals surface area contributed by atoms with E-state index in [-0.39, 0.29) is 12.4 Å². The minimum Gasteiger partial charge on any atom is -0.328 e. The lowest BCUT2D eigenvalue weighted by atomic mass is 10.0. The molecule has 0 spiro atoms. The molecule has 84 valence electrons.